The number of hydrogen-bond acceptors (Lipinski definition) is 5. The third-order valence-corrected chi connectivity index (χ3v) is 7.02. The number of benzene rings is 3. The minimum absolute atomic E-state index is 0.00283. The Labute approximate surface area is 217 Å². The molecular weight excluding hydrogens is 466 g/mol. The molecule has 37 heavy (non-hydrogen) atoms. The van der Waals surface area contributed by atoms with Crippen molar-refractivity contribution in [2.45, 2.75) is 52.2 Å². The van der Waals surface area contributed by atoms with Crippen LogP contribution in [0.5, 0.6) is 11.5 Å². The van der Waals surface area contributed by atoms with Crippen LogP contribution in [-0.4, -0.2) is 52.7 Å². The number of aliphatic hydroxyl groups excluding tert-OH is 1. The van der Waals surface area contributed by atoms with E-state index in [9.17, 15) is 9.90 Å². The number of para-hydroxylation sites is 1. The lowest BCUT2D eigenvalue weighted by Crippen LogP contribution is -2.34. The number of ether oxygens (including phenoxy) is 3. The second-order valence-corrected chi connectivity index (χ2v) is 10.9. The summed E-state index contributed by atoms with van der Waals surface area (Å²) >= 11 is 0. The Morgan fingerprint density at radius 3 is 2.62 bits per heavy atom. The minimum Gasteiger partial charge on any atom is -0.488 e. The fraction of sp³-hybridized carbons (Fsp3) is 0.355. The summed E-state index contributed by atoms with van der Waals surface area (Å²) in [6.45, 7) is 10.7. The molecule has 6 nitrogen and oxygen atoms in total. The number of ketones is 1. The molecule has 0 aliphatic carbocycles. The van der Waals surface area contributed by atoms with E-state index in [0.717, 1.165) is 39.2 Å². The number of aliphatic hydroxyl groups is 1. The van der Waals surface area contributed by atoms with Gasteiger partial charge in [0.15, 0.2) is 24.3 Å². The number of nitrogens with zero attached hydrogens (tertiary/aromatic N) is 1. The van der Waals surface area contributed by atoms with Crippen molar-refractivity contribution in [3.05, 3.63) is 71.4 Å². The Balaban J connectivity index is 1.41. The number of allylic oxidation sites excluding steroid dienone is 2. The molecule has 0 atom stereocenters. The molecule has 0 fully saturated rings. The summed E-state index contributed by atoms with van der Waals surface area (Å²) < 4.78 is 20.0. The minimum atomic E-state index is -0.572. The van der Waals surface area contributed by atoms with Gasteiger partial charge in [-0.3, -0.25) is 4.79 Å². The lowest BCUT2D eigenvalue weighted by atomic mass is 9.93. The predicted octanol–water partition coefficient (Wildman–Crippen LogP) is 5.91. The van der Waals surface area contributed by atoms with Crippen molar-refractivity contribution in [3.63, 3.8) is 0 Å². The number of fused-ring (bicyclic) bond motifs is 1. The third kappa shape index (κ3) is 4.79. The Kier molecular flexibility index (Phi) is 6.42. The van der Waals surface area contributed by atoms with Crippen LogP contribution < -0.4 is 9.47 Å². The topological polar surface area (TPSA) is 68.0 Å². The molecule has 3 aromatic carbocycles. The maximum absolute atomic E-state index is 14.0. The largest absolute Gasteiger partial charge is 0.488 e. The van der Waals surface area contributed by atoms with Gasteiger partial charge in [0.05, 0.1) is 24.4 Å². The number of hydrogen-bond donors (Lipinski definition) is 1. The Hall–Kier alpha value is -3.48. The normalized spacial score (nSPS) is 14.9. The van der Waals surface area contributed by atoms with Crippen LogP contribution in [0, 0.1) is 0 Å². The Morgan fingerprint density at radius 1 is 1.05 bits per heavy atom. The lowest BCUT2D eigenvalue weighted by Gasteiger charge is -2.29. The van der Waals surface area contributed by atoms with E-state index in [2.05, 4.69) is 4.58 Å². The van der Waals surface area contributed by atoms with Gasteiger partial charge in [-0.2, -0.15) is 4.58 Å². The molecule has 0 aromatic heterocycles. The summed E-state index contributed by atoms with van der Waals surface area (Å²) in [7, 11) is 0. The molecule has 5 rings (SSSR count). The molecule has 0 saturated heterocycles. The predicted molar refractivity (Wildman–Crippen MR) is 145 cm³/mol. The van der Waals surface area contributed by atoms with E-state index in [1.807, 2.05) is 95.4 Å². The van der Waals surface area contributed by atoms with Crippen LogP contribution >= 0.6 is 0 Å². The van der Waals surface area contributed by atoms with Crippen molar-refractivity contribution in [1.29, 1.82) is 0 Å². The molecule has 2 aliphatic heterocycles. The maximum atomic E-state index is 14.0. The van der Waals surface area contributed by atoms with Gasteiger partial charge in [0.1, 0.15) is 16.9 Å². The zero-order valence-corrected chi connectivity index (χ0v) is 22.1. The standard InChI is InChI=1S/C31H34NO5/c1-20-27(25-10-7-11-26-28(25)32(20)15-17-35-26)29(34)24-9-6-8-21-18-22(12-13-23(21)24)37-30(2,3)14-16-36-31(4,5)19-33/h6-13,15,18,33H,14,16-17,19H2,1-5H3/q+1. The van der Waals surface area contributed by atoms with E-state index in [0.29, 0.717) is 30.8 Å². The number of carbonyl (C=O) groups is 1. The van der Waals surface area contributed by atoms with Gasteiger partial charge in [0, 0.05) is 18.9 Å². The zero-order chi connectivity index (χ0) is 26.4. The summed E-state index contributed by atoms with van der Waals surface area (Å²) in [5, 5.41) is 11.2. The number of rotatable bonds is 9. The molecule has 0 amide bonds. The quantitative estimate of drug-likeness (QED) is 0.292. The van der Waals surface area contributed by atoms with E-state index < -0.39 is 11.2 Å². The highest BCUT2D eigenvalue weighted by Crippen LogP contribution is 2.46. The third-order valence-electron chi connectivity index (χ3n) is 7.02. The van der Waals surface area contributed by atoms with E-state index in [4.69, 9.17) is 14.2 Å². The lowest BCUT2D eigenvalue weighted by molar-refractivity contribution is -0.378. The monoisotopic (exact) mass is 500 g/mol. The van der Waals surface area contributed by atoms with Crippen LogP contribution in [-0.2, 0) is 4.74 Å². The summed E-state index contributed by atoms with van der Waals surface area (Å²) in [6, 6.07) is 17.6. The van der Waals surface area contributed by atoms with Crippen LogP contribution in [0.2, 0.25) is 0 Å². The maximum Gasteiger partial charge on any atom is 0.261 e. The van der Waals surface area contributed by atoms with Gasteiger partial charge in [-0.25, -0.2) is 0 Å². The summed E-state index contributed by atoms with van der Waals surface area (Å²) in [4.78, 5) is 14.0. The van der Waals surface area contributed by atoms with E-state index >= 15 is 0 Å². The fourth-order valence-corrected chi connectivity index (χ4v) is 4.94. The highest BCUT2D eigenvalue weighted by atomic mass is 16.5. The molecule has 0 bridgehead atoms. The van der Waals surface area contributed by atoms with Gasteiger partial charge >= 0.3 is 0 Å². The van der Waals surface area contributed by atoms with Crippen molar-refractivity contribution in [3.8, 4) is 11.5 Å². The molecule has 6 heteroatoms. The first-order valence-corrected chi connectivity index (χ1v) is 12.7. The SMILES string of the molecule is CC1=C(C(=O)c2cccc3cc(OC(C)(C)CCOC(C)(C)CO)ccc23)c2cccc3c2[N+]1=CCO3. The molecule has 192 valence electrons. The molecule has 2 aliphatic rings. The van der Waals surface area contributed by atoms with Crippen LogP contribution in [0.25, 0.3) is 16.3 Å². The molecule has 0 spiro atoms. The van der Waals surface area contributed by atoms with Crippen LogP contribution in [0.15, 0.2) is 60.3 Å². The first kappa shape index (κ1) is 25.2. The molecular formula is C31H34NO5+. The second kappa shape index (κ2) is 9.43. The zero-order valence-electron chi connectivity index (χ0n) is 22.1. The molecule has 0 saturated carbocycles. The van der Waals surface area contributed by atoms with E-state index in [-0.39, 0.29) is 12.4 Å². The molecule has 3 aromatic rings. The van der Waals surface area contributed by atoms with Crippen LogP contribution in [0.4, 0.5) is 5.69 Å². The van der Waals surface area contributed by atoms with Gasteiger partial charge in [-0.1, -0.05) is 24.3 Å². The smallest absolute Gasteiger partial charge is 0.261 e. The van der Waals surface area contributed by atoms with Crippen molar-refractivity contribution < 1.29 is 28.7 Å². The first-order valence-electron chi connectivity index (χ1n) is 12.7. The van der Waals surface area contributed by atoms with Crippen LogP contribution in [0.1, 0.15) is 57.0 Å². The van der Waals surface area contributed by atoms with Gasteiger partial charge in [-0.15, -0.1) is 0 Å². The summed E-state index contributed by atoms with van der Waals surface area (Å²) in [6.07, 6.45) is 2.64. The van der Waals surface area contributed by atoms with Crippen molar-refractivity contribution >= 4 is 34.0 Å². The summed E-state index contributed by atoms with van der Waals surface area (Å²) in [5.41, 5.74) is 3.10. The van der Waals surface area contributed by atoms with Gasteiger partial charge in [-0.05, 0) is 68.8 Å². The number of Topliss-reactive ketones (excluding diaryl/α,β-unsaturated/α-hetero) is 1. The fourth-order valence-electron chi connectivity index (χ4n) is 4.94. The number of carbonyl (C=O) groups excluding carboxylic acids is 1. The van der Waals surface area contributed by atoms with Gasteiger partial charge < -0.3 is 19.3 Å². The Morgan fingerprint density at radius 2 is 1.84 bits per heavy atom. The van der Waals surface area contributed by atoms with Crippen molar-refractivity contribution in [2.75, 3.05) is 19.8 Å². The van der Waals surface area contributed by atoms with E-state index in [1.54, 1.807) is 0 Å². The molecule has 1 N–H and O–H groups in total. The van der Waals surface area contributed by atoms with Gasteiger partial charge in [0.25, 0.3) is 5.69 Å². The van der Waals surface area contributed by atoms with Crippen molar-refractivity contribution in [1.82, 2.24) is 0 Å². The van der Waals surface area contributed by atoms with Crippen LogP contribution in [0.3, 0.4) is 0 Å². The molecule has 0 radical (unpaired) electrons. The van der Waals surface area contributed by atoms with E-state index in [1.165, 1.54) is 0 Å². The molecule has 2 heterocycles. The average Bonchev–Trinajstić information content (AvgIpc) is 3.16. The highest BCUT2D eigenvalue weighted by molar-refractivity contribution is 6.34. The highest BCUT2D eigenvalue weighted by Gasteiger charge is 2.40. The second-order valence-electron chi connectivity index (χ2n) is 10.9. The summed E-state index contributed by atoms with van der Waals surface area (Å²) in [5.74, 6) is 1.53. The van der Waals surface area contributed by atoms with Crippen molar-refractivity contribution in [2.24, 2.45) is 0 Å². The average molecular weight is 501 g/mol. The first-order chi connectivity index (χ1) is 17.6. The Bertz CT molecular complexity index is 1450. The molecule has 0 unspecified atom stereocenters. The van der Waals surface area contributed by atoms with Gasteiger partial charge in [0.2, 0.25) is 5.78 Å².